The topological polar surface area (TPSA) is 98.7 Å². The van der Waals surface area contributed by atoms with Crippen molar-refractivity contribution in [3.63, 3.8) is 0 Å². The summed E-state index contributed by atoms with van der Waals surface area (Å²) in [5, 5.41) is 24.2. The van der Waals surface area contributed by atoms with Gasteiger partial charge in [-0.25, -0.2) is 0 Å². The molecule has 0 saturated heterocycles. The zero-order valence-corrected chi connectivity index (χ0v) is 14.5. The number of carbonyl (C=O) groups excluding carboxylic acids is 2. The van der Waals surface area contributed by atoms with Gasteiger partial charge in [-0.1, -0.05) is 41.5 Å². The summed E-state index contributed by atoms with van der Waals surface area (Å²) in [4.78, 5) is 24.2. The van der Waals surface area contributed by atoms with Gasteiger partial charge in [0, 0.05) is 22.2 Å². The molecular formula is C16H25BN2O4. The van der Waals surface area contributed by atoms with Crippen LogP contribution in [0.15, 0.2) is 18.2 Å². The summed E-state index contributed by atoms with van der Waals surface area (Å²) in [6.07, 6.45) is 0. The number of rotatable bonds is 3. The number of carbonyl (C=O) groups is 2. The van der Waals surface area contributed by atoms with Crippen LogP contribution in [0, 0.1) is 10.8 Å². The molecule has 0 unspecified atom stereocenters. The second-order valence-electron chi connectivity index (χ2n) is 7.63. The van der Waals surface area contributed by atoms with Crippen LogP contribution in [0.1, 0.15) is 41.5 Å². The number of anilines is 2. The lowest BCUT2D eigenvalue weighted by Crippen LogP contribution is -2.33. The van der Waals surface area contributed by atoms with Crippen LogP contribution in [0.5, 0.6) is 0 Å². The summed E-state index contributed by atoms with van der Waals surface area (Å²) in [7, 11) is -1.70. The van der Waals surface area contributed by atoms with E-state index in [1.165, 1.54) is 12.1 Å². The molecule has 0 aliphatic rings. The van der Waals surface area contributed by atoms with Crippen molar-refractivity contribution in [1.29, 1.82) is 0 Å². The molecule has 0 spiro atoms. The van der Waals surface area contributed by atoms with Gasteiger partial charge in [0.15, 0.2) is 0 Å². The Hall–Kier alpha value is -1.86. The highest BCUT2D eigenvalue weighted by Gasteiger charge is 2.24. The molecule has 0 radical (unpaired) electrons. The second kappa shape index (κ2) is 6.72. The van der Waals surface area contributed by atoms with Crippen LogP contribution in [0.2, 0.25) is 0 Å². The average molecular weight is 320 g/mol. The van der Waals surface area contributed by atoms with Gasteiger partial charge < -0.3 is 20.7 Å². The molecule has 0 aliphatic carbocycles. The van der Waals surface area contributed by atoms with Crippen molar-refractivity contribution in [1.82, 2.24) is 0 Å². The highest BCUT2D eigenvalue weighted by atomic mass is 16.4. The summed E-state index contributed by atoms with van der Waals surface area (Å²) in [5.74, 6) is -0.426. The molecule has 0 aromatic heterocycles. The number of hydrogen-bond donors (Lipinski definition) is 4. The van der Waals surface area contributed by atoms with Crippen molar-refractivity contribution in [3.05, 3.63) is 18.2 Å². The van der Waals surface area contributed by atoms with Crippen molar-refractivity contribution in [2.75, 3.05) is 10.6 Å². The first kappa shape index (κ1) is 19.2. The standard InChI is InChI=1S/C16H25BN2O4/c1-15(2,3)13(20)18-11-7-10(17(22)23)8-12(9-11)19-14(21)16(4,5)6/h7-9,22-23H,1-6H3,(H,18,20)(H,19,21). The molecule has 126 valence electrons. The molecule has 1 aromatic rings. The average Bonchev–Trinajstić information content (AvgIpc) is 2.35. The predicted molar refractivity (Wildman–Crippen MR) is 92.4 cm³/mol. The molecule has 1 aromatic carbocycles. The van der Waals surface area contributed by atoms with Gasteiger partial charge in [0.25, 0.3) is 0 Å². The van der Waals surface area contributed by atoms with Gasteiger partial charge in [0.1, 0.15) is 0 Å². The highest BCUT2D eigenvalue weighted by Crippen LogP contribution is 2.21. The van der Waals surface area contributed by atoms with E-state index < -0.39 is 17.9 Å². The number of hydrogen-bond acceptors (Lipinski definition) is 4. The Bertz CT molecular complexity index is 555. The van der Waals surface area contributed by atoms with Gasteiger partial charge in [-0.05, 0) is 23.7 Å². The third kappa shape index (κ3) is 5.69. The summed E-state index contributed by atoms with van der Waals surface area (Å²) < 4.78 is 0. The maximum absolute atomic E-state index is 12.1. The lowest BCUT2D eigenvalue weighted by atomic mass is 9.79. The van der Waals surface area contributed by atoms with Crippen molar-refractivity contribution in [2.24, 2.45) is 10.8 Å². The minimum Gasteiger partial charge on any atom is -0.423 e. The molecule has 0 fully saturated rings. The van der Waals surface area contributed by atoms with Crippen LogP contribution in [0.3, 0.4) is 0 Å². The van der Waals surface area contributed by atoms with Crippen LogP contribution in [-0.2, 0) is 9.59 Å². The zero-order valence-electron chi connectivity index (χ0n) is 14.5. The number of amides is 2. The molecule has 0 bridgehead atoms. The van der Waals surface area contributed by atoms with E-state index >= 15 is 0 Å². The van der Waals surface area contributed by atoms with Crippen LogP contribution >= 0.6 is 0 Å². The first-order chi connectivity index (χ1) is 10.3. The smallest absolute Gasteiger partial charge is 0.423 e. The van der Waals surface area contributed by atoms with Crippen molar-refractivity contribution in [3.8, 4) is 0 Å². The Morgan fingerprint density at radius 1 is 0.826 bits per heavy atom. The molecule has 0 heterocycles. The first-order valence-electron chi connectivity index (χ1n) is 7.45. The second-order valence-corrected chi connectivity index (χ2v) is 7.63. The van der Waals surface area contributed by atoms with Gasteiger partial charge in [-0.2, -0.15) is 0 Å². The summed E-state index contributed by atoms with van der Waals surface area (Å²) in [5.41, 5.74) is -0.230. The monoisotopic (exact) mass is 320 g/mol. The SMILES string of the molecule is CC(C)(C)C(=O)Nc1cc(NC(=O)C(C)(C)C)cc(B(O)O)c1. The fourth-order valence-corrected chi connectivity index (χ4v) is 1.58. The van der Waals surface area contributed by atoms with Gasteiger partial charge in [0.2, 0.25) is 11.8 Å². The quantitative estimate of drug-likeness (QED) is 0.632. The fraction of sp³-hybridized carbons (Fsp3) is 0.500. The van der Waals surface area contributed by atoms with E-state index in [9.17, 15) is 19.6 Å². The normalized spacial score (nSPS) is 11.8. The van der Waals surface area contributed by atoms with Gasteiger partial charge in [-0.3, -0.25) is 9.59 Å². The predicted octanol–water partition coefficient (Wildman–Crippen LogP) is 1.34. The minimum absolute atomic E-state index is 0.181. The molecule has 0 aliphatic heterocycles. The van der Waals surface area contributed by atoms with E-state index in [-0.39, 0.29) is 17.3 Å². The van der Waals surface area contributed by atoms with Crippen LogP contribution in [0.25, 0.3) is 0 Å². The summed E-state index contributed by atoms with van der Waals surface area (Å²) >= 11 is 0. The largest absolute Gasteiger partial charge is 0.488 e. The first-order valence-corrected chi connectivity index (χ1v) is 7.45. The van der Waals surface area contributed by atoms with Crippen LogP contribution in [-0.4, -0.2) is 29.0 Å². The molecule has 6 nitrogen and oxygen atoms in total. The van der Waals surface area contributed by atoms with E-state index in [0.717, 1.165) is 0 Å². The van der Waals surface area contributed by atoms with Gasteiger partial charge in [-0.15, -0.1) is 0 Å². The molecule has 0 saturated carbocycles. The van der Waals surface area contributed by atoms with Crippen molar-refractivity contribution >= 4 is 35.8 Å². The van der Waals surface area contributed by atoms with Crippen molar-refractivity contribution in [2.45, 2.75) is 41.5 Å². The Balaban J connectivity index is 3.13. The lowest BCUT2D eigenvalue weighted by Gasteiger charge is -2.20. The van der Waals surface area contributed by atoms with Gasteiger partial charge >= 0.3 is 7.12 Å². The van der Waals surface area contributed by atoms with Crippen molar-refractivity contribution < 1.29 is 19.6 Å². The van der Waals surface area contributed by atoms with E-state index in [2.05, 4.69) is 10.6 Å². The molecule has 4 N–H and O–H groups in total. The highest BCUT2D eigenvalue weighted by molar-refractivity contribution is 6.59. The Labute approximate surface area is 137 Å². The maximum atomic E-state index is 12.1. The number of nitrogens with one attached hydrogen (secondary N) is 2. The lowest BCUT2D eigenvalue weighted by molar-refractivity contribution is -0.123. The van der Waals surface area contributed by atoms with E-state index in [4.69, 9.17) is 0 Å². The molecule has 1 rings (SSSR count). The Kier molecular flexibility index (Phi) is 5.61. The summed E-state index contributed by atoms with van der Waals surface area (Å²) in [6.45, 7) is 10.6. The van der Waals surface area contributed by atoms with E-state index in [1.807, 2.05) is 0 Å². The molecule has 0 atom stereocenters. The van der Waals surface area contributed by atoms with Crippen LogP contribution in [0.4, 0.5) is 11.4 Å². The van der Waals surface area contributed by atoms with E-state index in [0.29, 0.717) is 11.4 Å². The Morgan fingerprint density at radius 2 is 1.17 bits per heavy atom. The fourth-order valence-electron chi connectivity index (χ4n) is 1.58. The summed E-state index contributed by atoms with van der Waals surface area (Å²) in [6, 6.07) is 4.50. The van der Waals surface area contributed by atoms with E-state index in [1.54, 1.807) is 47.6 Å². The third-order valence-corrected chi connectivity index (χ3v) is 3.13. The van der Waals surface area contributed by atoms with Crippen LogP contribution < -0.4 is 16.1 Å². The molecule has 2 amide bonds. The molecular weight excluding hydrogens is 295 g/mol. The third-order valence-electron chi connectivity index (χ3n) is 3.13. The van der Waals surface area contributed by atoms with Gasteiger partial charge in [0.05, 0.1) is 0 Å². The molecule has 7 heteroatoms. The Morgan fingerprint density at radius 3 is 1.43 bits per heavy atom. The number of benzene rings is 1. The maximum Gasteiger partial charge on any atom is 0.488 e. The zero-order chi connectivity index (χ0) is 18.0. The molecule has 23 heavy (non-hydrogen) atoms. The minimum atomic E-state index is -1.70.